The van der Waals surface area contributed by atoms with Crippen LogP contribution in [0.3, 0.4) is 0 Å². The maximum Gasteiger partial charge on any atom is 2.00 e. The van der Waals surface area contributed by atoms with Gasteiger partial charge in [0.2, 0.25) is 11.8 Å². The molecule has 2 aliphatic carbocycles. The molecule has 3 aromatic rings. The molecule has 0 bridgehead atoms. The van der Waals surface area contributed by atoms with Crippen molar-refractivity contribution in [3.8, 4) is 12.3 Å². The molecule has 0 aromatic heterocycles. The summed E-state index contributed by atoms with van der Waals surface area (Å²) in [6.45, 7) is 7.27. The summed E-state index contributed by atoms with van der Waals surface area (Å²) < 4.78 is 5.70. The summed E-state index contributed by atoms with van der Waals surface area (Å²) in [5.74, 6) is -0.404. The number of carbonyl (C=O) groups is 4. The molecule has 2 amide bonds. The summed E-state index contributed by atoms with van der Waals surface area (Å²) in [7, 11) is 0. The zero-order chi connectivity index (χ0) is 37.7. The largest absolute Gasteiger partial charge is 2.00 e. The minimum atomic E-state index is -0.857. The first-order valence-electron chi connectivity index (χ1n) is 18.0. The van der Waals surface area contributed by atoms with E-state index in [-0.39, 0.29) is 81.9 Å². The Balaban J connectivity index is 0.00000104. The number of carboxylic acid groups (broad SMARTS) is 1. The number of esters is 1. The van der Waals surface area contributed by atoms with Gasteiger partial charge in [0, 0.05) is 50.6 Å². The van der Waals surface area contributed by atoms with Crippen LogP contribution in [0.1, 0.15) is 63.3 Å². The number of carboxylic acids is 1. The number of piperidine rings is 2. The quantitative estimate of drug-likeness (QED) is 0.0805. The smallest absolute Gasteiger partial charge is 0.512 e. The van der Waals surface area contributed by atoms with E-state index in [2.05, 4.69) is 12.0 Å². The molecule has 7 rings (SSSR count). The number of ether oxygens (including phenoxy) is 1. The zero-order valence-corrected chi connectivity index (χ0v) is 32.8. The molecule has 7 atom stereocenters. The van der Waals surface area contributed by atoms with E-state index in [1.807, 2.05) is 119 Å². The third-order valence-electron chi connectivity index (χ3n) is 10.5. The summed E-state index contributed by atoms with van der Waals surface area (Å²) in [6, 6.07) is 29.1. The predicted octanol–water partition coefficient (Wildman–Crippen LogP) is 7.89. The number of carbonyl (C=O) groups excluding carboxylic acids is 3. The number of fused-ring (bicyclic) bond motifs is 2. The van der Waals surface area contributed by atoms with Crippen molar-refractivity contribution in [3.05, 3.63) is 146 Å². The van der Waals surface area contributed by atoms with Gasteiger partial charge in [-0.25, -0.2) is 0 Å². The maximum atomic E-state index is 13.3. The first kappa shape index (κ1) is 53.2. The number of allylic oxidation sites excluding steroid dienone is 4. The Kier molecular flexibility index (Phi) is 24.1. The Morgan fingerprint density at radius 3 is 1.57 bits per heavy atom. The van der Waals surface area contributed by atoms with Crippen LogP contribution in [0.15, 0.2) is 115 Å². The minimum Gasteiger partial charge on any atom is -0.512 e. The number of aliphatic carboxylic acids is 1. The van der Waals surface area contributed by atoms with Crippen molar-refractivity contribution in [2.24, 2.45) is 35.5 Å². The molecule has 4 aliphatic rings. The van der Waals surface area contributed by atoms with Crippen LogP contribution in [0.25, 0.3) is 0 Å². The molecule has 2 heterocycles. The fraction of sp³-hybridized carbons (Fsp3) is 0.362. The monoisotopic (exact) mass is 827 g/mol. The van der Waals surface area contributed by atoms with E-state index in [1.54, 1.807) is 0 Å². The second-order valence-corrected chi connectivity index (χ2v) is 13.7. The van der Waals surface area contributed by atoms with Gasteiger partial charge in [0.1, 0.15) is 0 Å². The normalized spacial score (nSPS) is 22.6. The van der Waals surface area contributed by atoms with E-state index in [1.165, 1.54) is 0 Å². The SMILES string of the molecule is C.C.C#CC(OC(=O)[C@H]1CC=C[C@H]2CCN(Cc3ccccc3)C(=O)[C@@H]12)c1ccccc1.O=C(O)[C@H]1CC=C[C@H]2CCN(Cc3ccccc3)C(=O)[C@@H]12.[C-]#N.[CH3-].[Cu+2].[Li]. The average Bonchev–Trinajstić information content (AvgIpc) is 3.20. The second-order valence-electron chi connectivity index (χ2n) is 13.7. The maximum absolute atomic E-state index is 13.3. The number of rotatable bonds is 8. The third-order valence-corrected chi connectivity index (χ3v) is 10.5. The number of likely N-dealkylation sites (tertiary alicyclic amines) is 2. The molecule has 2 saturated heterocycles. The Hall–Kier alpha value is -4.81. The van der Waals surface area contributed by atoms with Crippen molar-refractivity contribution in [3.63, 3.8) is 0 Å². The van der Waals surface area contributed by atoms with E-state index in [4.69, 9.17) is 23.0 Å². The van der Waals surface area contributed by atoms with Crippen LogP contribution in [0.4, 0.5) is 0 Å². The van der Waals surface area contributed by atoms with Crippen LogP contribution in [-0.4, -0.2) is 70.6 Å². The summed E-state index contributed by atoms with van der Waals surface area (Å²) in [6.07, 6.45) is 15.6. The van der Waals surface area contributed by atoms with Crippen molar-refractivity contribution >= 4 is 42.6 Å². The van der Waals surface area contributed by atoms with Crippen LogP contribution >= 0.6 is 0 Å². The van der Waals surface area contributed by atoms with Crippen molar-refractivity contribution in [2.45, 2.75) is 59.7 Å². The van der Waals surface area contributed by atoms with Gasteiger partial charge in [0.05, 0.1) is 23.7 Å². The van der Waals surface area contributed by atoms with E-state index in [0.717, 1.165) is 29.5 Å². The standard InChI is InChI=1S/C26H25NO3.C17H19NO3.CN.2CH4.CH3.Cu.Li/c1-2-23(20-12-7-4-8-13-20)30-26(29)22-15-9-14-21-16-17-27(25(28)24(21)22)18-19-10-5-3-6-11-19;19-16-15-13(7-4-8-14(15)17(20)21)9-10-18(16)11-12-5-2-1-3-6-12;1-2;;;;;/h1,3-14,21-24H,15-18H2;1-7,13-15H,8-11H2,(H,20,21);;2*1H4;1H3;;/q;;-1;;;-1;+2;/t21-,22-,23?,24+;13-,14-,15+;;;;;;/m00....../s1. The molecule has 58 heavy (non-hydrogen) atoms. The molecule has 2 radical (unpaired) electrons. The molecule has 2 fully saturated rings. The zero-order valence-electron chi connectivity index (χ0n) is 31.9. The van der Waals surface area contributed by atoms with E-state index < -0.39 is 41.7 Å². The van der Waals surface area contributed by atoms with Gasteiger partial charge in [-0.05, 0) is 48.6 Å². The molecule has 1 N–H and O–H groups in total. The van der Waals surface area contributed by atoms with E-state index in [0.29, 0.717) is 39.0 Å². The van der Waals surface area contributed by atoms with Gasteiger partial charge in [-0.2, -0.15) is 0 Å². The summed E-state index contributed by atoms with van der Waals surface area (Å²) >= 11 is 0. The average molecular weight is 828 g/mol. The number of terminal acetylenes is 1. The van der Waals surface area contributed by atoms with Crippen molar-refractivity contribution in [2.75, 3.05) is 13.1 Å². The van der Waals surface area contributed by atoms with Gasteiger partial charge < -0.3 is 38.9 Å². The third kappa shape index (κ3) is 13.1. The predicted molar refractivity (Wildman–Crippen MR) is 224 cm³/mol. The van der Waals surface area contributed by atoms with E-state index in [9.17, 15) is 24.3 Å². The Morgan fingerprint density at radius 1 is 0.759 bits per heavy atom. The first-order chi connectivity index (χ1) is 25.8. The summed E-state index contributed by atoms with van der Waals surface area (Å²) in [5, 5.41) is 15.6. The molecule has 0 spiro atoms. The number of hydrogen-bond acceptors (Lipinski definition) is 6. The van der Waals surface area contributed by atoms with Crippen molar-refractivity contribution in [1.29, 1.82) is 5.26 Å². The van der Waals surface area contributed by atoms with Crippen molar-refractivity contribution < 1.29 is 46.1 Å². The fourth-order valence-electron chi connectivity index (χ4n) is 7.89. The molecule has 2 aliphatic heterocycles. The van der Waals surface area contributed by atoms with Gasteiger partial charge in [0.15, 0.2) is 6.10 Å². The number of hydrogen-bond donors (Lipinski definition) is 1. The van der Waals surface area contributed by atoms with Crippen LogP contribution < -0.4 is 0 Å². The Morgan fingerprint density at radius 2 is 1.16 bits per heavy atom. The van der Waals surface area contributed by atoms with Crippen LogP contribution in [0.2, 0.25) is 0 Å². The van der Waals surface area contributed by atoms with Gasteiger partial charge in [-0.15, -0.1) is 6.42 Å². The van der Waals surface area contributed by atoms with Gasteiger partial charge in [0.25, 0.3) is 0 Å². The molecule has 9 nitrogen and oxygen atoms in total. The van der Waals surface area contributed by atoms with E-state index >= 15 is 0 Å². The fourth-order valence-corrected chi connectivity index (χ4v) is 7.89. The number of amides is 2. The van der Waals surface area contributed by atoms with Crippen molar-refractivity contribution in [1.82, 2.24) is 9.80 Å². The van der Waals surface area contributed by atoms with Gasteiger partial charge in [-0.3, -0.25) is 19.2 Å². The molecule has 0 saturated carbocycles. The van der Waals surface area contributed by atoms with Gasteiger partial charge >= 0.3 is 29.0 Å². The Labute approximate surface area is 368 Å². The van der Waals surface area contributed by atoms with Crippen LogP contribution in [-0.2, 0) is 54.1 Å². The summed E-state index contributed by atoms with van der Waals surface area (Å²) in [4.78, 5) is 54.2. The minimum absolute atomic E-state index is 0. The molecule has 306 valence electrons. The molecular formula is C47H55CuLiN3O6. The molecule has 1 unspecified atom stereocenters. The molecule has 11 heteroatoms. The molecular weight excluding hydrogens is 773 g/mol. The van der Waals surface area contributed by atoms with Crippen LogP contribution in [0, 0.1) is 67.1 Å². The number of nitrogens with zero attached hydrogens (tertiary/aromatic N) is 3. The van der Waals surface area contributed by atoms with Gasteiger partial charge in [-0.1, -0.05) is 136 Å². The first-order valence-corrected chi connectivity index (χ1v) is 18.0. The molecule has 3 aromatic carbocycles. The number of benzene rings is 3. The topological polar surface area (TPSA) is 128 Å². The summed E-state index contributed by atoms with van der Waals surface area (Å²) in [5.41, 5.74) is 2.94. The second kappa shape index (κ2) is 26.2. The van der Waals surface area contributed by atoms with Crippen LogP contribution in [0.5, 0.6) is 0 Å². The Bertz CT molecular complexity index is 1850.